The molecule has 3 nitrogen and oxygen atoms in total. The van der Waals surface area contributed by atoms with Gasteiger partial charge in [0.15, 0.2) is 0 Å². The van der Waals surface area contributed by atoms with Gasteiger partial charge in [-0.05, 0) is 76.5 Å². The van der Waals surface area contributed by atoms with Crippen LogP contribution in [0.25, 0.3) is 66.4 Å². The van der Waals surface area contributed by atoms with E-state index >= 15 is 0 Å². The minimum absolute atomic E-state index is 0.0408. The van der Waals surface area contributed by atoms with Gasteiger partial charge < -0.3 is 13.8 Å². The molecule has 0 saturated carbocycles. The van der Waals surface area contributed by atoms with Crippen molar-refractivity contribution >= 4 is 67.7 Å². The van der Waals surface area contributed by atoms with Crippen molar-refractivity contribution in [3.8, 4) is 33.5 Å². The van der Waals surface area contributed by atoms with Crippen LogP contribution in [0, 0.1) is 6.92 Å². The molecule has 11 rings (SSSR count). The average molecular weight is 625 g/mol. The first kappa shape index (κ1) is 26.8. The summed E-state index contributed by atoms with van der Waals surface area (Å²) in [5.41, 5.74) is 18.0. The first-order valence-corrected chi connectivity index (χ1v) is 17.0. The maximum atomic E-state index is 6.74. The molecule has 0 amide bonds. The Bertz CT molecular complexity index is 2790. The molecule has 0 N–H and O–H groups in total. The molecule has 0 bridgehead atoms. The fraction of sp³-hybridized carbons (Fsp3) is 0.0222. The van der Waals surface area contributed by atoms with Gasteiger partial charge >= 0.3 is 6.85 Å². The van der Waals surface area contributed by atoms with Crippen molar-refractivity contribution in [3.05, 3.63) is 163 Å². The predicted molar refractivity (Wildman–Crippen MR) is 205 cm³/mol. The molecule has 2 aliphatic rings. The van der Waals surface area contributed by atoms with E-state index in [0.717, 1.165) is 22.2 Å². The van der Waals surface area contributed by atoms with E-state index in [4.69, 9.17) is 4.42 Å². The lowest BCUT2D eigenvalue weighted by Crippen LogP contribution is -2.56. The number of aryl methyl sites for hydroxylation is 1. The lowest BCUT2D eigenvalue weighted by Gasteiger charge is -2.40. The molecule has 228 valence electrons. The molecular formula is C45H29BN2O. The summed E-state index contributed by atoms with van der Waals surface area (Å²) in [5.74, 6) is 0. The molecule has 7 aromatic carbocycles. The molecule has 9 aromatic rings. The first-order chi connectivity index (χ1) is 24.3. The van der Waals surface area contributed by atoms with Gasteiger partial charge in [-0.2, -0.15) is 0 Å². The van der Waals surface area contributed by atoms with Gasteiger partial charge in [0.1, 0.15) is 11.2 Å². The Morgan fingerprint density at radius 3 is 2.10 bits per heavy atom. The number of hydrogen-bond donors (Lipinski definition) is 0. The number of anilines is 3. The molecule has 2 aliphatic heterocycles. The Kier molecular flexibility index (Phi) is 5.40. The van der Waals surface area contributed by atoms with Crippen molar-refractivity contribution in [2.75, 3.05) is 4.90 Å². The van der Waals surface area contributed by atoms with Crippen LogP contribution in [0.4, 0.5) is 17.1 Å². The molecule has 0 fully saturated rings. The summed E-state index contributed by atoms with van der Waals surface area (Å²) >= 11 is 0. The van der Waals surface area contributed by atoms with E-state index in [2.05, 4.69) is 174 Å². The molecule has 4 heterocycles. The van der Waals surface area contributed by atoms with Crippen LogP contribution < -0.4 is 15.8 Å². The lowest BCUT2D eigenvalue weighted by molar-refractivity contribution is 0.669. The molecule has 0 spiro atoms. The van der Waals surface area contributed by atoms with Gasteiger partial charge in [0.05, 0.1) is 0 Å². The number of furan rings is 1. The molecule has 4 heteroatoms. The van der Waals surface area contributed by atoms with Gasteiger partial charge in [0, 0.05) is 55.6 Å². The summed E-state index contributed by atoms with van der Waals surface area (Å²) in [4.78, 5) is 2.45. The minimum Gasteiger partial charge on any atom is -0.456 e. The molecule has 2 aromatic heterocycles. The van der Waals surface area contributed by atoms with Crippen molar-refractivity contribution in [1.82, 2.24) is 4.48 Å². The van der Waals surface area contributed by atoms with E-state index in [1.54, 1.807) is 0 Å². The van der Waals surface area contributed by atoms with Crippen molar-refractivity contribution in [1.29, 1.82) is 0 Å². The van der Waals surface area contributed by atoms with Gasteiger partial charge in [0.2, 0.25) is 0 Å². The first-order valence-electron chi connectivity index (χ1n) is 17.0. The van der Waals surface area contributed by atoms with E-state index in [1.807, 2.05) is 0 Å². The molecule has 0 saturated heterocycles. The number of para-hydroxylation sites is 3. The third-order valence-electron chi connectivity index (χ3n) is 10.7. The summed E-state index contributed by atoms with van der Waals surface area (Å²) in [5, 5.41) is 3.54. The largest absolute Gasteiger partial charge is 0.456 e. The zero-order chi connectivity index (χ0) is 32.2. The highest BCUT2D eigenvalue weighted by molar-refractivity contribution is 6.90. The fourth-order valence-electron chi connectivity index (χ4n) is 8.79. The number of rotatable bonds is 3. The topological polar surface area (TPSA) is 21.3 Å². The second-order valence-electron chi connectivity index (χ2n) is 13.3. The van der Waals surface area contributed by atoms with E-state index in [-0.39, 0.29) is 6.85 Å². The monoisotopic (exact) mass is 624 g/mol. The van der Waals surface area contributed by atoms with Crippen molar-refractivity contribution in [2.24, 2.45) is 0 Å². The third kappa shape index (κ3) is 3.53. The molecular weight excluding hydrogens is 595 g/mol. The van der Waals surface area contributed by atoms with Crippen LogP contribution in [0.3, 0.4) is 0 Å². The van der Waals surface area contributed by atoms with Crippen molar-refractivity contribution < 1.29 is 4.42 Å². The zero-order valence-electron chi connectivity index (χ0n) is 26.9. The van der Waals surface area contributed by atoms with E-state index in [9.17, 15) is 0 Å². The lowest BCUT2D eigenvalue weighted by atomic mass is 9.45. The number of hydrogen-bond acceptors (Lipinski definition) is 2. The highest BCUT2D eigenvalue weighted by Crippen LogP contribution is 2.52. The second kappa shape index (κ2) is 9.88. The SMILES string of the molecule is Cc1ccccc1-c1c(-c2ccccc2)n2c3c(c4c(cc13)oc1ccccc14)-c1cccc3c1B2c1ccccc1N3c1ccccc1. The van der Waals surface area contributed by atoms with Crippen molar-refractivity contribution in [3.63, 3.8) is 0 Å². The van der Waals surface area contributed by atoms with Crippen LogP contribution in [-0.2, 0) is 0 Å². The van der Waals surface area contributed by atoms with Gasteiger partial charge in [-0.25, -0.2) is 0 Å². The van der Waals surface area contributed by atoms with Crippen LogP contribution >= 0.6 is 0 Å². The Balaban J connectivity index is 1.41. The molecule has 0 radical (unpaired) electrons. The Hall–Kier alpha value is -6.26. The summed E-state index contributed by atoms with van der Waals surface area (Å²) in [6.45, 7) is 2.19. The van der Waals surface area contributed by atoms with Crippen molar-refractivity contribution in [2.45, 2.75) is 6.92 Å². The van der Waals surface area contributed by atoms with Crippen LogP contribution in [0.1, 0.15) is 5.56 Å². The molecule has 0 unspecified atom stereocenters. The zero-order valence-corrected chi connectivity index (χ0v) is 26.9. The van der Waals surface area contributed by atoms with Crippen LogP contribution in [0.5, 0.6) is 0 Å². The number of aromatic nitrogens is 1. The maximum absolute atomic E-state index is 6.74. The van der Waals surface area contributed by atoms with E-state index in [1.165, 1.54) is 77.7 Å². The summed E-state index contributed by atoms with van der Waals surface area (Å²) in [6.07, 6.45) is 0. The summed E-state index contributed by atoms with van der Waals surface area (Å²) in [7, 11) is 0. The van der Waals surface area contributed by atoms with Crippen LogP contribution in [0.2, 0.25) is 0 Å². The molecule has 49 heavy (non-hydrogen) atoms. The van der Waals surface area contributed by atoms with E-state index in [0.29, 0.717) is 0 Å². The minimum atomic E-state index is -0.0408. The maximum Gasteiger partial charge on any atom is 0.333 e. The highest BCUT2D eigenvalue weighted by Gasteiger charge is 2.44. The third-order valence-corrected chi connectivity index (χ3v) is 10.7. The normalized spacial score (nSPS) is 12.9. The standard InChI is InChI=1S/C45H29BN2O/c1-28-15-8-9-20-31(28)40-34-27-39-41(32-21-10-13-26-38(32)49-39)42-33-22-14-25-37-43(33)46(48(45(34)42)44(40)29-16-4-2-5-17-29)35-23-11-12-24-36(35)47(37)30-18-6-3-7-19-30/h2-27H,1H3. The van der Waals surface area contributed by atoms with Gasteiger partial charge in [-0.1, -0.05) is 121 Å². The number of fused-ring (bicyclic) bond motifs is 8. The van der Waals surface area contributed by atoms with Crippen LogP contribution in [0.15, 0.2) is 162 Å². The van der Waals surface area contributed by atoms with E-state index < -0.39 is 0 Å². The van der Waals surface area contributed by atoms with Gasteiger partial charge in [0.25, 0.3) is 0 Å². The quantitative estimate of drug-likeness (QED) is 0.183. The average Bonchev–Trinajstić information content (AvgIpc) is 3.70. The number of benzene rings is 7. The van der Waals surface area contributed by atoms with Crippen LogP contribution in [-0.4, -0.2) is 11.3 Å². The van der Waals surface area contributed by atoms with Gasteiger partial charge in [-0.15, -0.1) is 0 Å². The Morgan fingerprint density at radius 1 is 0.551 bits per heavy atom. The Morgan fingerprint density at radius 2 is 1.24 bits per heavy atom. The van der Waals surface area contributed by atoms with Gasteiger partial charge in [-0.3, -0.25) is 0 Å². The second-order valence-corrected chi connectivity index (χ2v) is 13.3. The summed E-state index contributed by atoms with van der Waals surface area (Å²) in [6, 6.07) is 57.3. The Labute approximate surface area is 284 Å². The number of nitrogens with zero attached hydrogens (tertiary/aromatic N) is 2. The predicted octanol–water partition coefficient (Wildman–Crippen LogP) is 10.6. The fourth-order valence-corrected chi connectivity index (χ4v) is 8.79. The highest BCUT2D eigenvalue weighted by atomic mass is 16.3. The summed E-state index contributed by atoms with van der Waals surface area (Å²) < 4.78 is 9.42. The molecule has 0 aliphatic carbocycles. The molecule has 0 atom stereocenters. The smallest absolute Gasteiger partial charge is 0.333 e.